The third-order valence-electron chi connectivity index (χ3n) is 2.89. The van der Waals surface area contributed by atoms with Gasteiger partial charge in [-0.05, 0) is 18.2 Å². The van der Waals surface area contributed by atoms with Gasteiger partial charge in [0, 0.05) is 7.05 Å². The molecule has 1 aromatic rings. The van der Waals surface area contributed by atoms with Crippen LogP contribution in [0.2, 0.25) is 0 Å². The minimum absolute atomic E-state index is 0.152. The van der Waals surface area contributed by atoms with Crippen LogP contribution in [0, 0.1) is 5.92 Å². The molecule has 0 radical (unpaired) electrons. The molecule has 0 aromatic heterocycles. The number of amides is 1. The molecule has 0 spiro atoms. The summed E-state index contributed by atoms with van der Waals surface area (Å²) in [5.74, 6) is -0.340. The Morgan fingerprint density at radius 3 is 2.67 bits per heavy atom. The van der Waals surface area contributed by atoms with Gasteiger partial charge in [-0.3, -0.25) is 4.79 Å². The lowest BCUT2D eigenvalue weighted by atomic mass is 10.1. The van der Waals surface area contributed by atoms with Gasteiger partial charge in [0.2, 0.25) is 5.91 Å². The molecule has 18 heavy (non-hydrogen) atoms. The zero-order chi connectivity index (χ0) is 13.5. The third-order valence-corrected chi connectivity index (χ3v) is 2.89. The first kappa shape index (κ1) is 12.7. The Labute approximate surface area is 102 Å². The highest BCUT2D eigenvalue weighted by Crippen LogP contribution is 2.38. The molecule has 1 unspecified atom stereocenters. The fourth-order valence-electron chi connectivity index (χ4n) is 1.81. The summed E-state index contributed by atoms with van der Waals surface area (Å²) in [6.07, 6.45) is -4.43. The minimum Gasteiger partial charge on any atom is -0.491 e. The lowest BCUT2D eigenvalue weighted by Gasteiger charge is -2.19. The van der Waals surface area contributed by atoms with Crippen LogP contribution >= 0.6 is 0 Å². The third kappa shape index (κ3) is 2.14. The maximum atomic E-state index is 12.6. The van der Waals surface area contributed by atoms with E-state index in [2.05, 4.69) is 0 Å². The van der Waals surface area contributed by atoms with E-state index < -0.39 is 11.7 Å². The van der Waals surface area contributed by atoms with E-state index in [-0.39, 0.29) is 24.1 Å². The van der Waals surface area contributed by atoms with Crippen LogP contribution in [-0.4, -0.2) is 19.6 Å². The van der Waals surface area contributed by atoms with Crippen LogP contribution in [0.1, 0.15) is 12.5 Å². The van der Waals surface area contributed by atoms with Gasteiger partial charge >= 0.3 is 6.18 Å². The van der Waals surface area contributed by atoms with Crippen LogP contribution in [0.15, 0.2) is 18.2 Å². The zero-order valence-corrected chi connectivity index (χ0v) is 9.91. The zero-order valence-electron chi connectivity index (χ0n) is 9.91. The molecular weight excluding hydrogens is 247 g/mol. The number of carbonyl (C=O) groups is 1. The smallest absolute Gasteiger partial charge is 0.416 e. The Bertz CT molecular complexity index is 485. The second kappa shape index (κ2) is 4.19. The van der Waals surface area contributed by atoms with E-state index >= 15 is 0 Å². The molecule has 3 nitrogen and oxygen atoms in total. The van der Waals surface area contributed by atoms with E-state index in [1.807, 2.05) is 0 Å². The maximum Gasteiger partial charge on any atom is 0.416 e. The fourth-order valence-corrected chi connectivity index (χ4v) is 1.81. The number of fused-ring (bicyclic) bond motifs is 1. The summed E-state index contributed by atoms with van der Waals surface area (Å²) in [6.45, 7) is 1.84. The first-order valence-electron chi connectivity index (χ1n) is 5.42. The summed E-state index contributed by atoms with van der Waals surface area (Å²) in [6, 6.07) is 3.14. The molecule has 0 saturated heterocycles. The van der Waals surface area contributed by atoms with E-state index in [0.29, 0.717) is 5.75 Å². The molecule has 98 valence electrons. The van der Waals surface area contributed by atoms with E-state index in [4.69, 9.17) is 4.74 Å². The van der Waals surface area contributed by atoms with Crippen molar-refractivity contribution in [3.8, 4) is 5.75 Å². The predicted octanol–water partition coefficient (Wildman–Crippen LogP) is 2.70. The molecule has 1 aromatic carbocycles. The van der Waals surface area contributed by atoms with Crippen LogP contribution in [0.3, 0.4) is 0 Å². The quantitative estimate of drug-likeness (QED) is 0.717. The number of carbonyl (C=O) groups excluding carboxylic acids is 1. The SMILES string of the molecule is CC1COc2ccc(C(F)(F)F)cc2N(C)C1=O. The van der Waals surface area contributed by atoms with Crippen LogP contribution < -0.4 is 9.64 Å². The largest absolute Gasteiger partial charge is 0.491 e. The molecule has 1 aliphatic rings. The van der Waals surface area contributed by atoms with Crippen molar-refractivity contribution < 1.29 is 22.7 Å². The van der Waals surface area contributed by atoms with Crippen LogP contribution in [0.5, 0.6) is 5.75 Å². The predicted molar refractivity (Wildman–Crippen MR) is 59.5 cm³/mol. The van der Waals surface area contributed by atoms with Crippen molar-refractivity contribution in [2.45, 2.75) is 13.1 Å². The van der Waals surface area contributed by atoms with Crippen LogP contribution in [-0.2, 0) is 11.0 Å². The van der Waals surface area contributed by atoms with Gasteiger partial charge in [0.15, 0.2) is 0 Å². The second-order valence-electron chi connectivity index (χ2n) is 4.29. The fraction of sp³-hybridized carbons (Fsp3) is 0.417. The highest BCUT2D eigenvalue weighted by molar-refractivity contribution is 5.96. The van der Waals surface area contributed by atoms with Crippen molar-refractivity contribution in [1.82, 2.24) is 0 Å². The lowest BCUT2D eigenvalue weighted by molar-refractivity contribution is -0.137. The monoisotopic (exact) mass is 259 g/mol. The number of alkyl halides is 3. The molecule has 0 aliphatic carbocycles. The molecule has 2 rings (SSSR count). The van der Waals surface area contributed by atoms with Crippen molar-refractivity contribution >= 4 is 11.6 Å². The topological polar surface area (TPSA) is 29.5 Å². The van der Waals surface area contributed by atoms with Crippen molar-refractivity contribution in [3.05, 3.63) is 23.8 Å². The van der Waals surface area contributed by atoms with Crippen LogP contribution in [0.4, 0.5) is 18.9 Å². The summed E-state index contributed by atoms with van der Waals surface area (Å²) in [5.41, 5.74) is -0.641. The first-order chi connectivity index (χ1) is 8.30. The number of nitrogens with zero attached hydrogens (tertiary/aromatic N) is 1. The Hall–Kier alpha value is -1.72. The van der Waals surface area contributed by atoms with Gasteiger partial charge in [-0.1, -0.05) is 6.92 Å². The molecule has 1 amide bonds. The van der Waals surface area contributed by atoms with E-state index in [0.717, 1.165) is 12.1 Å². The minimum atomic E-state index is -4.43. The highest BCUT2D eigenvalue weighted by Gasteiger charge is 2.33. The summed E-state index contributed by atoms with van der Waals surface area (Å²) in [5, 5.41) is 0. The molecule has 1 atom stereocenters. The van der Waals surface area contributed by atoms with Gasteiger partial charge in [-0.25, -0.2) is 0 Å². The average Bonchev–Trinajstić information content (AvgIpc) is 2.41. The Morgan fingerprint density at radius 1 is 1.39 bits per heavy atom. The molecule has 0 N–H and O–H groups in total. The number of anilines is 1. The number of rotatable bonds is 0. The summed E-state index contributed by atoms with van der Waals surface area (Å²) < 4.78 is 43.2. The molecule has 0 bridgehead atoms. The number of hydrogen-bond acceptors (Lipinski definition) is 2. The number of hydrogen-bond donors (Lipinski definition) is 0. The normalized spacial score (nSPS) is 20.2. The van der Waals surface area contributed by atoms with Crippen molar-refractivity contribution in [3.63, 3.8) is 0 Å². The van der Waals surface area contributed by atoms with Crippen molar-refractivity contribution in [2.75, 3.05) is 18.6 Å². The average molecular weight is 259 g/mol. The number of ether oxygens (including phenoxy) is 1. The Balaban J connectivity index is 2.49. The van der Waals surface area contributed by atoms with Gasteiger partial charge in [0.25, 0.3) is 0 Å². The Kier molecular flexibility index (Phi) is 2.96. The van der Waals surface area contributed by atoms with E-state index in [9.17, 15) is 18.0 Å². The summed E-state index contributed by atoms with van der Waals surface area (Å²) in [7, 11) is 1.45. The van der Waals surface area contributed by atoms with E-state index in [1.165, 1.54) is 18.0 Å². The van der Waals surface area contributed by atoms with E-state index in [1.54, 1.807) is 6.92 Å². The second-order valence-corrected chi connectivity index (χ2v) is 4.29. The van der Waals surface area contributed by atoms with Gasteiger partial charge in [-0.2, -0.15) is 13.2 Å². The van der Waals surface area contributed by atoms with Gasteiger partial charge < -0.3 is 9.64 Å². The van der Waals surface area contributed by atoms with Gasteiger partial charge in [0.05, 0.1) is 23.8 Å². The Morgan fingerprint density at radius 2 is 2.06 bits per heavy atom. The van der Waals surface area contributed by atoms with Crippen molar-refractivity contribution in [2.24, 2.45) is 5.92 Å². The van der Waals surface area contributed by atoms with Crippen molar-refractivity contribution in [1.29, 1.82) is 0 Å². The van der Waals surface area contributed by atoms with Crippen LogP contribution in [0.25, 0.3) is 0 Å². The number of halogens is 3. The molecule has 0 saturated carbocycles. The maximum absolute atomic E-state index is 12.6. The molecule has 0 fully saturated rings. The summed E-state index contributed by atoms with van der Waals surface area (Å²) in [4.78, 5) is 13.0. The molecule has 1 heterocycles. The first-order valence-corrected chi connectivity index (χ1v) is 5.42. The molecular formula is C12H12F3NO2. The standard InChI is InChI=1S/C12H12F3NO2/c1-7-6-18-10-4-3-8(12(13,14)15)5-9(10)16(2)11(7)17/h3-5,7H,6H2,1-2H3. The molecule has 1 aliphatic heterocycles. The summed E-state index contributed by atoms with van der Waals surface area (Å²) >= 11 is 0. The van der Waals surface area contributed by atoms with Gasteiger partial charge in [-0.15, -0.1) is 0 Å². The molecule has 6 heteroatoms. The number of benzene rings is 1. The highest BCUT2D eigenvalue weighted by atomic mass is 19.4. The lowest BCUT2D eigenvalue weighted by Crippen LogP contribution is -2.31. The van der Waals surface area contributed by atoms with Gasteiger partial charge in [0.1, 0.15) is 5.75 Å².